The van der Waals surface area contributed by atoms with Crippen molar-refractivity contribution in [2.75, 3.05) is 5.75 Å². The first-order chi connectivity index (χ1) is 6.99. The standard InChI is InChI=1S/C9H17NO4S/c11-9(12)6-7-15(13,14)10-8-4-2-1-3-5-8/h8,10H,1-7H2,(H,11,12). The number of rotatable bonds is 5. The van der Waals surface area contributed by atoms with Crippen LogP contribution in [0.3, 0.4) is 0 Å². The molecule has 0 bridgehead atoms. The van der Waals surface area contributed by atoms with Crippen LogP contribution in [0.2, 0.25) is 0 Å². The Morgan fingerprint density at radius 3 is 2.40 bits per heavy atom. The molecule has 1 rings (SSSR count). The molecule has 1 fully saturated rings. The maximum atomic E-state index is 11.4. The van der Waals surface area contributed by atoms with E-state index in [0.717, 1.165) is 32.1 Å². The fraction of sp³-hybridized carbons (Fsp3) is 0.889. The zero-order valence-corrected chi connectivity index (χ0v) is 9.42. The third-order valence-electron chi connectivity index (χ3n) is 2.54. The molecule has 88 valence electrons. The van der Waals surface area contributed by atoms with Crippen LogP contribution >= 0.6 is 0 Å². The number of hydrogen-bond acceptors (Lipinski definition) is 3. The van der Waals surface area contributed by atoms with Gasteiger partial charge in [0.25, 0.3) is 0 Å². The molecule has 0 radical (unpaired) electrons. The highest BCUT2D eigenvalue weighted by Crippen LogP contribution is 2.18. The second-order valence-electron chi connectivity index (χ2n) is 3.92. The molecule has 2 N–H and O–H groups in total. The number of carbonyl (C=O) groups is 1. The first kappa shape index (κ1) is 12.4. The van der Waals surface area contributed by atoms with Gasteiger partial charge in [-0.1, -0.05) is 19.3 Å². The number of nitrogens with one attached hydrogen (secondary N) is 1. The molecule has 0 aromatic carbocycles. The van der Waals surface area contributed by atoms with Crippen LogP contribution in [-0.4, -0.2) is 31.3 Å². The van der Waals surface area contributed by atoms with Crippen LogP contribution in [0, 0.1) is 0 Å². The molecule has 1 saturated carbocycles. The normalized spacial score (nSPS) is 18.9. The fourth-order valence-electron chi connectivity index (χ4n) is 1.75. The van der Waals surface area contributed by atoms with Crippen molar-refractivity contribution < 1.29 is 18.3 Å². The topological polar surface area (TPSA) is 83.5 Å². The van der Waals surface area contributed by atoms with E-state index < -0.39 is 16.0 Å². The summed E-state index contributed by atoms with van der Waals surface area (Å²) in [4.78, 5) is 10.2. The van der Waals surface area contributed by atoms with Crippen LogP contribution in [-0.2, 0) is 14.8 Å². The largest absolute Gasteiger partial charge is 0.481 e. The summed E-state index contributed by atoms with van der Waals surface area (Å²) in [5.74, 6) is -1.40. The summed E-state index contributed by atoms with van der Waals surface area (Å²) >= 11 is 0. The Morgan fingerprint density at radius 2 is 1.87 bits per heavy atom. The van der Waals surface area contributed by atoms with Gasteiger partial charge in [0.05, 0.1) is 12.2 Å². The highest BCUT2D eigenvalue weighted by molar-refractivity contribution is 7.89. The summed E-state index contributed by atoms with van der Waals surface area (Å²) < 4.78 is 25.4. The van der Waals surface area contributed by atoms with Gasteiger partial charge in [-0.2, -0.15) is 0 Å². The van der Waals surface area contributed by atoms with E-state index in [1.807, 2.05) is 0 Å². The molecule has 1 aliphatic rings. The lowest BCUT2D eigenvalue weighted by molar-refractivity contribution is -0.136. The Morgan fingerprint density at radius 1 is 1.27 bits per heavy atom. The summed E-state index contributed by atoms with van der Waals surface area (Å²) in [6, 6.07) is 0.0116. The van der Waals surface area contributed by atoms with Crippen LogP contribution in [0.1, 0.15) is 38.5 Å². The third kappa shape index (κ3) is 5.13. The molecule has 0 saturated heterocycles. The lowest BCUT2D eigenvalue weighted by Crippen LogP contribution is -2.37. The summed E-state index contributed by atoms with van der Waals surface area (Å²) in [6.07, 6.45) is 4.66. The molecule has 0 atom stereocenters. The number of carboxylic acid groups (broad SMARTS) is 1. The molecule has 0 heterocycles. The first-order valence-corrected chi connectivity index (χ1v) is 6.86. The van der Waals surface area contributed by atoms with E-state index in [0.29, 0.717) is 0 Å². The monoisotopic (exact) mass is 235 g/mol. The maximum absolute atomic E-state index is 11.4. The average molecular weight is 235 g/mol. The van der Waals surface area contributed by atoms with Gasteiger partial charge in [-0.25, -0.2) is 13.1 Å². The summed E-state index contributed by atoms with van der Waals surface area (Å²) in [6.45, 7) is 0. The van der Waals surface area contributed by atoms with E-state index in [-0.39, 0.29) is 18.2 Å². The molecule has 0 aliphatic heterocycles. The molecule has 0 amide bonds. The fourth-order valence-corrected chi connectivity index (χ4v) is 3.06. The Hall–Kier alpha value is -0.620. The Balaban J connectivity index is 2.37. The van der Waals surface area contributed by atoms with Gasteiger partial charge in [0, 0.05) is 6.04 Å². The van der Waals surface area contributed by atoms with Crippen molar-refractivity contribution in [3.8, 4) is 0 Å². The lowest BCUT2D eigenvalue weighted by Gasteiger charge is -2.22. The van der Waals surface area contributed by atoms with Crippen molar-refractivity contribution in [1.29, 1.82) is 0 Å². The van der Waals surface area contributed by atoms with E-state index in [1.54, 1.807) is 0 Å². The summed E-state index contributed by atoms with van der Waals surface area (Å²) in [5.41, 5.74) is 0. The van der Waals surface area contributed by atoms with E-state index in [4.69, 9.17) is 5.11 Å². The molecule has 0 aromatic rings. The minimum absolute atomic E-state index is 0.0116. The summed E-state index contributed by atoms with van der Waals surface area (Å²) in [5, 5.41) is 8.39. The van der Waals surface area contributed by atoms with Gasteiger partial charge in [-0.15, -0.1) is 0 Å². The molecular weight excluding hydrogens is 218 g/mol. The molecule has 0 spiro atoms. The molecule has 0 aromatic heterocycles. The molecule has 1 aliphatic carbocycles. The number of aliphatic carboxylic acids is 1. The molecular formula is C9H17NO4S. The average Bonchev–Trinajstić information content (AvgIpc) is 2.16. The highest BCUT2D eigenvalue weighted by atomic mass is 32.2. The second kappa shape index (κ2) is 5.46. The third-order valence-corrected chi connectivity index (χ3v) is 3.97. The van der Waals surface area contributed by atoms with Crippen LogP contribution in [0.5, 0.6) is 0 Å². The highest BCUT2D eigenvalue weighted by Gasteiger charge is 2.20. The van der Waals surface area contributed by atoms with Crippen molar-refractivity contribution >= 4 is 16.0 Å². The smallest absolute Gasteiger partial charge is 0.304 e. The molecule has 15 heavy (non-hydrogen) atoms. The van der Waals surface area contributed by atoms with Gasteiger partial charge in [0.2, 0.25) is 10.0 Å². The van der Waals surface area contributed by atoms with Crippen LogP contribution in [0.4, 0.5) is 0 Å². The maximum Gasteiger partial charge on any atom is 0.304 e. The molecule has 0 unspecified atom stereocenters. The van der Waals surface area contributed by atoms with Crippen molar-refractivity contribution in [2.45, 2.75) is 44.6 Å². The van der Waals surface area contributed by atoms with Gasteiger partial charge >= 0.3 is 5.97 Å². The second-order valence-corrected chi connectivity index (χ2v) is 5.79. The van der Waals surface area contributed by atoms with Crippen LogP contribution in [0.15, 0.2) is 0 Å². The van der Waals surface area contributed by atoms with Crippen molar-refractivity contribution in [3.05, 3.63) is 0 Å². The zero-order chi connectivity index (χ0) is 11.3. The van der Waals surface area contributed by atoms with E-state index in [2.05, 4.69) is 4.72 Å². The van der Waals surface area contributed by atoms with Gasteiger partial charge in [0.1, 0.15) is 0 Å². The zero-order valence-electron chi connectivity index (χ0n) is 8.61. The van der Waals surface area contributed by atoms with Gasteiger partial charge in [-0.05, 0) is 12.8 Å². The van der Waals surface area contributed by atoms with Gasteiger partial charge < -0.3 is 5.11 Å². The predicted octanol–water partition coefficient (Wildman–Crippen LogP) is 0.713. The number of hydrogen-bond donors (Lipinski definition) is 2. The van der Waals surface area contributed by atoms with Crippen molar-refractivity contribution in [1.82, 2.24) is 4.72 Å². The number of carboxylic acids is 1. The molecule has 6 heteroatoms. The van der Waals surface area contributed by atoms with Gasteiger partial charge in [0.15, 0.2) is 0 Å². The first-order valence-electron chi connectivity index (χ1n) is 5.21. The van der Waals surface area contributed by atoms with Crippen LogP contribution < -0.4 is 4.72 Å². The van der Waals surface area contributed by atoms with Gasteiger partial charge in [-0.3, -0.25) is 4.79 Å². The molecule has 5 nitrogen and oxygen atoms in total. The minimum Gasteiger partial charge on any atom is -0.481 e. The Labute approximate surface area is 89.9 Å². The SMILES string of the molecule is O=C(O)CCS(=O)(=O)NC1CCCCC1. The van der Waals surface area contributed by atoms with Crippen LogP contribution in [0.25, 0.3) is 0 Å². The van der Waals surface area contributed by atoms with Crippen molar-refractivity contribution in [3.63, 3.8) is 0 Å². The quantitative estimate of drug-likeness (QED) is 0.735. The number of sulfonamides is 1. The Bertz CT molecular complexity index is 306. The predicted molar refractivity (Wildman–Crippen MR) is 56.0 cm³/mol. The summed E-state index contributed by atoms with van der Waals surface area (Å²) in [7, 11) is -3.41. The van der Waals surface area contributed by atoms with Crippen molar-refractivity contribution in [2.24, 2.45) is 0 Å². The Kier molecular flexibility index (Phi) is 4.53. The van der Waals surface area contributed by atoms with E-state index in [1.165, 1.54) is 0 Å². The van der Waals surface area contributed by atoms with E-state index >= 15 is 0 Å². The minimum atomic E-state index is -3.41. The van der Waals surface area contributed by atoms with E-state index in [9.17, 15) is 13.2 Å². The lowest BCUT2D eigenvalue weighted by atomic mass is 9.96.